The van der Waals surface area contributed by atoms with Crippen LogP contribution < -0.4 is 0 Å². The van der Waals surface area contributed by atoms with E-state index >= 15 is 0 Å². The molecule has 0 saturated heterocycles. The maximum Gasteiger partial charge on any atom is 0.303 e. The van der Waals surface area contributed by atoms with Crippen molar-refractivity contribution in [3.63, 3.8) is 0 Å². The number of carbonyl (C=O) groups is 2. The summed E-state index contributed by atoms with van der Waals surface area (Å²) in [7, 11) is 0. The highest BCUT2D eigenvalue weighted by Gasteiger charge is 2.22. The van der Waals surface area contributed by atoms with Crippen LogP contribution in [0.15, 0.2) is 42.6 Å². The van der Waals surface area contributed by atoms with E-state index in [4.69, 9.17) is 5.11 Å². The first-order valence-electron chi connectivity index (χ1n) is 9.01. The van der Waals surface area contributed by atoms with Gasteiger partial charge >= 0.3 is 5.97 Å². The van der Waals surface area contributed by atoms with Crippen LogP contribution in [0.4, 0.5) is 0 Å². The van der Waals surface area contributed by atoms with Gasteiger partial charge in [0.1, 0.15) is 0 Å². The van der Waals surface area contributed by atoms with Gasteiger partial charge in [-0.1, -0.05) is 18.2 Å². The number of hydrogen-bond donors (Lipinski definition) is 1. The predicted octanol–water partition coefficient (Wildman–Crippen LogP) is 2.49. The standard InChI is InChI=1S/C20H20N4O3/c25-19(26)7-6-16-11-17-13-23(8-3-9-24(17)22-16)20(27)15-10-14-4-1-2-5-18(14)21-12-15/h1-2,4-5,10-12H,3,6-9,13H2,(H,25,26). The molecule has 138 valence electrons. The average Bonchev–Trinajstić information content (AvgIpc) is 2.95. The Morgan fingerprint density at radius 3 is 2.85 bits per heavy atom. The molecule has 0 radical (unpaired) electrons. The number of aromatic nitrogens is 3. The third-order valence-electron chi connectivity index (χ3n) is 4.78. The van der Waals surface area contributed by atoms with Crippen molar-refractivity contribution in [3.8, 4) is 0 Å². The Balaban J connectivity index is 1.54. The van der Waals surface area contributed by atoms with Gasteiger partial charge in [-0.3, -0.25) is 19.3 Å². The highest BCUT2D eigenvalue weighted by atomic mass is 16.4. The molecule has 2 aromatic heterocycles. The molecular weight excluding hydrogens is 344 g/mol. The summed E-state index contributed by atoms with van der Waals surface area (Å²) in [6, 6.07) is 11.5. The van der Waals surface area contributed by atoms with Gasteiger partial charge in [0.25, 0.3) is 5.91 Å². The van der Waals surface area contributed by atoms with E-state index in [-0.39, 0.29) is 12.3 Å². The zero-order valence-electron chi connectivity index (χ0n) is 14.8. The van der Waals surface area contributed by atoms with E-state index in [2.05, 4.69) is 10.1 Å². The van der Waals surface area contributed by atoms with Crippen LogP contribution in [0.5, 0.6) is 0 Å². The number of nitrogens with zero attached hydrogens (tertiary/aromatic N) is 4. The molecule has 1 aliphatic rings. The number of benzene rings is 1. The van der Waals surface area contributed by atoms with Crippen molar-refractivity contribution in [2.24, 2.45) is 0 Å². The van der Waals surface area contributed by atoms with E-state index in [1.807, 2.05) is 46.0 Å². The second kappa shape index (κ2) is 7.19. The van der Waals surface area contributed by atoms with E-state index in [0.717, 1.165) is 35.3 Å². The molecule has 0 atom stereocenters. The minimum absolute atomic E-state index is 0.0463. The molecule has 0 bridgehead atoms. The molecule has 0 fully saturated rings. The molecule has 1 aliphatic heterocycles. The lowest BCUT2D eigenvalue weighted by atomic mass is 10.1. The van der Waals surface area contributed by atoms with Crippen LogP contribution in [0.25, 0.3) is 10.9 Å². The molecule has 1 amide bonds. The highest BCUT2D eigenvalue weighted by Crippen LogP contribution is 2.19. The van der Waals surface area contributed by atoms with Gasteiger partial charge in [0.15, 0.2) is 0 Å². The molecule has 0 unspecified atom stereocenters. The maximum atomic E-state index is 13.0. The number of carboxylic acid groups (broad SMARTS) is 1. The second-order valence-electron chi connectivity index (χ2n) is 6.74. The van der Waals surface area contributed by atoms with E-state index in [0.29, 0.717) is 25.1 Å². The predicted molar refractivity (Wildman–Crippen MR) is 99.3 cm³/mol. The molecular formula is C20H20N4O3. The molecule has 1 N–H and O–H groups in total. The Hall–Kier alpha value is -3.22. The zero-order valence-corrected chi connectivity index (χ0v) is 14.8. The lowest BCUT2D eigenvalue weighted by Gasteiger charge is -2.20. The first kappa shape index (κ1) is 17.2. The fraction of sp³-hybridized carbons (Fsp3) is 0.300. The van der Waals surface area contributed by atoms with Crippen LogP contribution in [-0.2, 0) is 24.3 Å². The lowest BCUT2D eigenvalue weighted by molar-refractivity contribution is -0.136. The van der Waals surface area contributed by atoms with Crippen LogP contribution in [0.2, 0.25) is 0 Å². The fourth-order valence-electron chi connectivity index (χ4n) is 3.42. The summed E-state index contributed by atoms with van der Waals surface area (Å²) in [4.78, 5) is 30.0. The first-order chi connectivity index (χ1) is 13.1. The van der Waals surface area contributed by atoms with Crippen molar-refractivity contribution in [2.45, 2.75) is 32.4 Å². The van der Waals surface area contributed by atoms with Crippen LogP contribution in [-0.4, -0.2) is 43.2 Å². The minimum Gasteiger partial charge on any atom is -0.481 e. The normalized spacial score (nSPS) is 14.0. The molecule has 3 aromatic rings. The second-order valence-corrected chi connectivity index (χ2v) is 6.74. The van der Waals surface area contributed by atoms with Crippen LogP contribution in [0.3, 0.4) is 0 Å². The van der Waals surface area contributed by atoms with Gasteiger partial charge in [-0.2, -0.15) is 5.10 Å². The summed E-state index contributed by atoms with van der Waals surface area (Å²) in [6.45, 7) is 1.84. The fourth-order valence-corrected chi connectivity index (χ4v) is 3.42. The lowest BCUT2D eigenvalue weighted by Crippen LogP contribution is -2.30. The maximum absolute atomic E-state index is 13.0. The average molecular weight is 364 g/mol. The van der Waals surface area contributed by atoms with Gasteiger partial charge in [0.05, 0.1) is 35.4 Å². The van der Waals surface area contributed by atoms with Crippen molar-refractivity contribution in [1.29, 1.82) is 0 Å². The molecule has 7 heteroatoms. The number of aryl methyl sites for hydroxylation is 2. The number of rotatable bonds is 4. The molecule has 7 nitrogen and oxygen atoms in total. The topological polar surface area (TPSA) is 88.3 Å². The van der Waals surface area contributed by atoms with E-state index in [1.165, 1.54) is 0 Å². The number of amides is 1. The van der Waals surface area contributed by atoms with Crippen LogP contribution in [0, 0.1) is 0 Å². The van der Waals surface area contributed by atoms with Gasteiger partial charge in [-0.25, -0.2) is 0 Å². The number of carboxylic acids is 1. The van der Waals surface area contributed by atoms with Gasteiger partial charge in [0, 0.05) is 31.1 Å². The first-order valence-corrected chi connectivity index (χ1v) is 9.01. The summed E-state index contributed by atoms with van der Waals surface area (Å²) in [5.74, 6) is -0.881. The number of para-hydroxylation sites is 1. The van der Waals surface area contributed by atoms with Gasteiger partial charge in [0.2, 0.25) is 0 Å². The van der Waals surface area contributed by atoms with Gasteiger partial charge in [-0.15, -0.1) is 0 Å². The molecule has 3 heterocycles. The Morgan fingerprint density at radius 1 is 1.15 bits per heavy atom. The number of hydrogen-bond acceptors (Lipinski definition) is 4. The van der Waals surface area contributed by atoms with Crippen molar-refractivity contribution in [1.82, 2.24) is 19.7 Å². The van der Waals surface area contributed by atoms with Crippen LogP contribution >= 0.6 is 0 Å². The smallest absolute Gasteiger partial charge is 0.303 e. The number of fused-ring (bicyclic) bond motifs is 2. The SMILES string of the molecule is O=C(O)CCc1cc2n(n1)CCCN(C(=O)c1cnc3ccccc3c1)C2. The zero-order chi connectivity index (χ0) is 18.8. The Labute approximate surface area is 156 Å². The Morgan fingerprint density at radius 2 is 2.00 bits per heavy atom. The van der Waals surface area contributed by atoms with E-state index < -0.39 is 5.97 Å². The number of carbonyl (C=O) groups excluding carboxylic acids is 1. The van der Waals surface area contributed by atoms with Gasteiger partial charge in [-0.05, 0) is 24.6 Å². The summed E-state index contributed by atoms with van der Waals surface area (Å²) in [5, 5.41) is 14.3. The van der Waals surface area contributed by atoms with Crippen molar-refractivity contribution in [3.05, 3.63) is 59.5 Å². The van der Waals surface area contributed by atoms with Crippen LogP contribution in [0.1, 0.15) is 34.6 Å². The highest BCUT2D eigenvalue weighted by molar-refractivity contribution is 5.97. The molecule has 4 rings (SSSR count). The molecule has 27 heavy (non-hydrogen) atoms. The third kappa shape index (κ3) is 3.67. The minimum atomic E-state index is -0.834. The molecule has 0 aliphatic carbocycles. The van der Waals surface area contributed by atoms with Gasteiger partial charge < -0.3 is 10.0 Å². The Kier molecular flexibility index (Phi) is 4.58. The number of aliphatic carboxylic acids is 1. The van der Waals surface area contributed by atoms with Crippen molar-refractivity contribution < 1.29 is 14.7 Å². The molecule has 0 spiro atoms. The largest absolute Gasteiger partial charge is 0.481 e. The number of pyridine rings is 1. The molecule has 0 saturated carbocycles. The molecule has 1 aromatic carbocycles. The Bertz CT molecular complexity index is 1010. The quantitative estimate of drug-likeness (QED) is 0.768. The monoisotopic (exact) mass is 364 g/mol. The summed E-state index contributed by atoms with van der Waals surface area (Å²) >= 11 is 0. The van der Waals surface area contributed by atoms with E-state index in [9.17, 15) is 9.59 Å². The third-order valence-corrected chi connectivity index (χ3v) is 4.78. The summed E-state index contributed by atoms with van der Waals surface area (Å²) in [6.07, 6.45) is 2.89. The summed E-state index contributed by atoms with van der Waals surface area (Å²) in [5.41, 5.74) is 3.14. The van der Waals surface area contributed by atoms with E-state index in [1.54, 1.807) is 6.20 Å². The summed E-state index contributed by atoms with van der Waals surface area (Å²) < 4.78 is 1.89. The van der Waals surface area contributed by atoms with Crippen molar-refractivity contribution in [2.75, 3.05) is 6.54 Å². The van der Waals surface area contributed by atoms with Crippen molar-refractivity contribution >= 4 is 22.8 Å².